The van der Waals surface area contributed by atoms with Gasteiger partial charge in [0.15, 0.2) is 0 Å². The van der Waals surface area contributed by atoms with E-state index in [9.17, 15) is 9.59 Å². The molecular weight excluding hydrogens is 292 g/mol. The van der Waals surface area contributed by atoms with Crippen molar-refractivity contribution in [3.8, 4) is 0 Å². The van der Waals surface area contributed by atoms with Crippen LogP contribution < -0.4 is 5.32 Å². The Morgan fingerprint density at radius 1 is 1.39 bits per heavy atom. The van der Waals surface area contributed by atoms with Gasteiger partial charge in [0.05, 0.1) is 12.2 Å². The number of piperidine rings is 1. The van der Waals surface area contributed by atoms with Crippen LogP contribution in [0.2, 0.25) is 0 Å². The number of hydrogen-bond acceptors (Lipinski definition) is 3. The maximum absolute atomic E-state index is 12.8. The second-order valence-electron chi connectivity index (χ2n) is 7.19. The number of rotatable bonds is 2. The van der Waals surface area contributed by atoms with Crippen molar-refractivity contribution in [2.24, 2.45) is 13.0 Å². The first-order chi connectivity index (χ1) is 10.9. The van der Waals surface area contributed by atoms with Gasteiger partial charge in [0.1, 0.15) is 5.82 Å². The maximum atomic E-state index is 12.8. The van der Waals surface area contributed by atoms with Crippen LogP contribution in [0.1, 0.15) is 56.7 Å². The van der Waals surface area contributed by atoms with Gasteiger partial charge < -0.3 is 14.8 Å². The Hall–Kier alpha value is -1.85. The van der Waals surface area contributed by atoms with Crippen molar-refractivity contribution in [1.82, 2.24) is 19.8 Å². The van der Waals surface area contributed by atoms with Crippen LogP contribution in [0.3, 0.4) is 0 Å². The van der Waals surface area contributed by atoms with Crippen molar-refractivity contribution >= 4 is 11.8 Å². The van der Waals surface area contributed by atoms with Crippen LogP contribution in [-0.4, -0.2) is 38.9 Å². The summed E-state index contributed by atoms with van der Waals surface area (Å²) in [6.45, 7) is 7.52. The lowest BCUT2D eigenvalue weighted by molar-refractivity contribution is -0.141. The Bertz CT molecular complexity index is 635. The minimum Gasteiger partial charge on any atom is -0.354 e. The highest BCUT2D eigenvalue weighted by molar-refractivity contribution is 5.87. The number of carbonyl (C=O) groups excluding carboxylic acids is 2. The first-order valence-electron chi connectivity index (χ1n) is 8.49. The van der Waals surface area contributed by atoms with E-state index in [1.165, 1.54) is 5.69 Å². The fraction of sp³-hybridized carbons (Fsp3) is 0.706. The molecule has 2 atom stereocenters. The van der Waals surface area contributed by atoms with E-state index in [2.05, 4.69) is 30.8 Å². The summed E-state index contributed by atoms with van der Waals surface area (Å²) in [7, 11) is 2.06. The van der Waals surface area contributed by atoms with Gasteiger partial charge in [-0.15, -0.1) is 0 Å². The molecule has 2 amide bonds. The van der Waals surface area contributed by atoms with Crippen LogP contribution in [0.15, 0.2) is 0 Å². The molecule has 3 rings (SSSR count). The molecule has 0 bridgehead atoms. The molecule has 1 saturated heterocycles. The smallest absolute Gasteiger partial charge is 0.226 e. The first-order valence-corrected chi connectivity index (χ1v) is 8.49. The molecule has 6 heteroatoms. The number of carbonyl (C=O) groups is 2. The van der Waals surface area contributed by atoms with Gasteiger partial charge in [-0.25, -0.2) is 4.98 Å². The van der Waals surface area contributed by atoms with Crippen molar-refractivity contribution < 1.29 is 9.59 Å². The lowest BCUT2D eigenvalue weighted by Crippen LogP contribution is -2.47. The Morgan fingerprint density at radius 3 is 2.78 bits per heavy atom. The number of nitrogens with one attached hydrogen (secondary N) is 1. The summed E-state index contributed by atoms with van der Waals surface area (Å²) in [5.41, 5.74) is 2.26. The monoisotopic (exact) mass is 318 g/mol. The van der Waals surface area contributed by atoms with Crippen molar-refractivity contribution in [2.75, 3.05) is 6.54 Å². The molecule has 2 unspecified atom stereocenters. The lowest BCUT2D eigenvalue weighted by atomic mass is 9.91. The van der Waals surface area contributed by atoms with Crippen LogP contribution in [0.5, 0.6) is 0 Å². The van der Waals surface area contributed by atoms with Gasteiger partial charge in [-0.2, -0.15) is 0 Å². The van der Waals surface area contributed by atoms with E-state index >= 15 is 0 Å². The van der Waals surface area contributed by atoms with E-state index in [0.29, 0.717) is 18.9 Å². The molecule has 2 aliphatic rings. The average molecular weight is 318 g/mol. The van der Waals surface area contributed by atoms with Crippen molar-refractivity contribution in [1.29, 1.82) is 0 Å². The third-order valence-corrected chi connectivity index (χ3v) is 4.94. The van der Waals surface area contributed by atoms with Crippen molar-refractivity contribution in [3.05, 3.63) is 17.2 Å². The molecule has 2 aliphatic heterocycles. The van der Waals surface area contributed by atoms with E-state index in [-0.39, 0.29) is 23.8 Å². The molecule has 1 aromatic rings. The molecule has 6 nitrogen and oxygen atoms in total. The summed E-state index contributed by atoms with van der Waals surface area (Å²) >= 11 is 0. The zero-order valence-corrected chi connectivity index (χ0v) is 14.4. The zero-order chi connectivity index (χ0) is 16.7. The second-order valence-corrected chi connectivity index (χ2v) is 7.19. The highest BCUT2D eigenvalue weighted by Crippen LogP contribution is 2.26. The number of imidazole rings is 1. The Kier molecular flexibility index (Phi) is 4.17. The van der Waals surface area contributed by atoms with E-state index < -0.39 is 0 Å². The van der Waals surface area contributed by atoms with Gasteiger partial charge in [0, 0.05) is 50.0 Å². The Morgan fingerprint density at radius 2 is 2.13 bits per heavy atom. The van der Waals surface area contributed by atoms with Gasteiger partial charge in [-0.1, -0.05) is 13.8 Å². The molecule has 0 spiro atoms. The number of nitrogens with zero attached hydrogens (tertiary/aromatic N) is 3. The molecule has 1 N–H and O–H groups in total. The summed E-state index contributed by atoms with van der Waals surface area (Å²) in [5.74, 6) is 1.36. The fourth-order valence-corrected chi connectivity index (χ4v) is 3.83. The molecule has 1 aromatic heterocycles. The maximum Gasteiger partial charge on any atom is 0.226 e. The molecule has 0 saturated carbocycles. The third kappa shape index (κ3) is 2.99. The van der Waals surface area contributed by atoms with Gasteiger partial charge in [0.25, 0.3) is 0 Å². The van der Waals surface area contributed by atoms with Gasteiger partial charge in [-0.05, 0) is 13.3 Å². The molecule has 1 fully saturated rings. The van der Waals surface area contributed by atoms with E-state index in [4.69, 9.17) is 4.98 Å². The highest BCUT2D eigenvalue weighted by atomic mass is 16.2. The predicted octanol–water partition coefficient (Wildman–Crippen LogP) is 1.34. The Labute approximate surface area is 137 Å². The normalized spacial score (nSPS) is 24.6. The number of aromatic nitrogens is 2. The van der Waals surface area contributed by atoms with Crippen LogP contribution in [-0.2, 0) is 29.6 Å². The minimum atomic E-state index is -0.186. The van der Waals surface area contributed by atoms with Crippen LogP contribution in [0.25, 0.3) is 0 Å². The lowest BCUT2D eigenvalue weighted by Gasteiger charge is -2.33. The topological polar surface area (TPSA) is 67.2 Å². The molecule has 23 heavy (non-hydrogen) atoms. The summed E-state index contributed by atoms with van der Waals surface area (Å²) in [5, 5.41) is 2.88. The summed E-state index contributed by atoms with van der Waals surface area (Å²) in [6.07, 6.45) is 1.88. The molecule has 126 valence electrons. The molecule has 0 aromatic carbocycles. The molecular formula is C17H26N4O2. The second kappa shape index (κ2) is 5.98. The minimum absolute atomic E-state index is 0.0141. The quantitative estimate of drug-likeness (QED) is 0.895. The van der Waals surface area contributed by atoms with Gasteiger partial charge in [-0.3, -0.25) is 9.59 Å². The fourth-order valence-electron chi connectivity index (χ4n) is 3.83. The van der Waals surface area contributed by atoms with Crippen molar-refractivity contribution in [2.45, 2.75) is 58.5 Å². The molecule has 0 aliphatic carbocycles. The number of amides is 2. The molecule has 0 radical (unpaired) electrons. The highest BCUT2D eigenvalue weighted by Gasteiger charge is 2.34. The van der Waals surface area contributed by atoms with E-state index in [0.717, 1.165) is 30.9 Å². The van der Waals surface area contributed by atoms with Crippen LogP contribution >= 0.6 is 0 Å². The zero-order valence-electron chi connectivity index (χ0n) is 14.4. The van der Waals surface area contributed by atoms with Gasteiger partial charge in [0.2, 0.25) is 11.8 Å². The standard InChI is InChI=1S/C17H26N4O2/c1-10(2)16-19-13-9-21(6-5-14(13)20(16)4)17(23)12-7-11(3)18-15(22)8-12/h10-12H,5-9H2,1-4H3,(H,18,22). The largest absolute Gasteiger partial charge is 0.354 e. The van der Waals surface area contributed by atoms with Crippen LogP contribution in [0, 0.1) is 5.92 Å². The van der Waals surface area contributed by atoms with E-state index in [1.54, 1.807) is 0 Å². The SMILES string of the molecule is CC1CC(C(=O)N2CCc3c(nc(C(C)C)n3C)C2)CC(=O)N1. The summed E-state index contributed by atoms with van der Waals surface area (Å²) < 4.78 is 2.18. The number of fused-ring (bicyclic) bond motifs is 1. The third-order valence-electron chi connectivity index (χ3n) is 4.94. The van der Waals surface area contributed by atoms with E-state index in [1.807, 2.05) is 11.8 Å². The average Bonchev–Trinajstić information content (AvgIpc) is 2.82. The summed E-state index contributed by atoms with van der Waals surface area (Å²) in [6, 6.07) is 0.0768. The van der Waals surface area contributed by atoms with Crippen LogP contribution in [0.4, 0.5) is 0 Å². The number of hydrogen-bond donors (Lipinski definition) is 1. The summed E-state index contributed by atoms with van der Waals surface area (Å²) in [4.78, 5) is 31.1. The van der Waals surface area contributed by atoms with Crippen molar-refractivity contribution in [3.63, 3.8) is 0 Å². The predicted molar refractivity (Wildman–Crippen MR) is 86.7 cm³/mol. The first kappa shape index (κ1) is 16.0. The Balaban J connectivity index is 1.75. The van der Waals surface area contributed by atoms with Gasteiger partial charge >= 0.3 is 0 Å². The molecule has 3 heterocycles.